The average molecular weight is 374 g/mol. The first-order valence-electron chi connectivity index (χ1n) is 8.37. The Morgan fingerprint density at radius 2 is 2.12 bits per heavy atom. The Balaban J connectivity index is 1.57. The molecule has 1 aromatic carbocycles. The van der Waals surface area contributed by atoms with E-state index in [9.17, 15) is 8.42 Å². The number of hydrogen-bond donors (Lipinski definition) is 2. The summed E-state index contributed by atoms with van der Waals surface area (Å²) in [6.07, 6.45) is 1.50. The lowest BCUT2D eigenvalue weighted by Gasteiger charge is -2.27. The topological polar surface area (TPSA) is 70.7 Å². The molecular formula is C16H24ClN3O3S. The zero-order chi connectivity index (χ0) is 17.2. The van der Waals surface area contributed by atoms with Crippen LogP contribution in [0, 0.1) is 0 Å². The number of fused-ring (bicyclic) bond motifs is 1. The fourth-order valence-corrected chi connectivity index (χ4v) is 4.64. The number of piperazine rings is 1. The number of nitrogens with one attached hydrogen (secondary N) is 2. The molecular weight excluding hydrogens is 350 g/mol. The summed E-state index contributed by atoms with van der Waals surface area (Å²) in [5.41, 5.74) is 0.858. The number of benzene rings is 1. The van der Waals surface area contributed by atoms with Crippen LogP contribution in [-0.4, -0.2) is 58.7 Å². The molecule has 6 nitrogen and oxygen atoms in total. The van der Waals surface area contributed by atoms with E-state index in [1.807, 2.05) is 6.92 Å². The van der Waals surface area contributed by atoms with E-state index in [0.717, 1.165) is 44.7 Å². The van der Waals surface area contributed by atoms with Crippen molar-refractivity contribution in [3.63, 3.8) is 0 Å². The molecule has 0 amide bonds. The third-order valence-corrected chi connectivity index (χ3v) is 6.10. The Kier molecular flexibility index (Phi) is 5.66. The van der Waals surface area contributed by atoms with Gasteiger partial charge in [-0.3, -0.25) is 0 Å². The molecule has 0 radical (unpaired) electrons. The van der Waals surface area contributed by atoms with Gasteiger partial charge in [0.1, 0.15) is 11.9 Å². The standard InChI is InChI=1S/C16H24ClN3O3S/c1-12-9-13-10-14(11-15(17)16(13)23-12)24(21,22)19-3-2-6-20-7-4-18-5-8-20/h10-12,18-19H,2-9H2,1H3. The highest BCUT2D eigenvalue weighted by Crippen LogP contribution is 2.37. The lowest BCUT2D eigenvalue weighted by atomic mass is 10.1. The summed E-state index contributed by atoms with van der Waals surface area (Å²) in [6, 6.07) is 3.14. The lowest BCUT2D eigenvalue weighted by Crippen LogP contribution is -2.44. The van der Waals surface area contributed by atoms with Crippen LogP contribution < -0.4 is 14.8 Å². The van der Waals surface area contributed by atoms with Crippen molar-refractivity contribution < 1.29 is 13.2 Å². The SMILES string of the molecule is CC1Cc2cc(S(=O)(=O)NCCCN3CCNCC3)cc(Cl)c2O1. The van der Waals surface area contributed by atoms with Crippen LogP contribution in [0.25, 0.3) is 0 Å². The van der Waals surface area contributed by atoms with Crippen LogP contribution in [0.5, 0.6) is 5.75 Å². The molecule has 1 atom stereocenters. The van der Waals surface area contributed by atoms with Gasteiger partial charge in [0.05, 0.1) is 9.92 Å². The van der Waals surface area contributed by atoms with Gasteiger partial charge < -0.3 is 15.0 Å². The molecule has 2 aliphatic heterocycles. The summed E-state index contributed by atoms with van der Waals surface area (Å²) >= 11 is 6.18. The van der Waals surface area contributed by atoms with Crippen LogP contribution in [0.4, 0.5) is 0 Å². The van der Waals surface area contributed by atoms with Crippen molar-refractivity contribution in [2.75, 3.05) is 39.3 Å². The normalized spacial score (nSPS) is 21.5. The number of sulfonamides is 1. The molecule has 2 aliphatic rings. The number of nitrogens with zero attached hydrogens (tertiary/aromatic N) is 1. The van der Waals surface area contributed by atoms with Crippen LogP contribution >= 0.6 is 11.6 Å². The first kappa shape index (κ1) is 17.9. The summed E-state index contributed by atoms with van der Waals surface area (Å²) in [4.78, 5) is 2.56. The van der Waals surface area contributed by atoms with E-state index < -0.39 is 10.0 Å². The molecule has 134 valence electrons. The molecule has 1 unspecified atom stereocenters. The summed E-state index contributed by atoms with van der Waals surface area (Å²) in [5, 5.41) is 3.66. The molecule has 0 aromatic heterocycles. The highest BCUT2D eigenvalue weighted by Gasteiger charge is 2.25. The zero-order valence-electron chi connectivity index (χ0n) is 13.8. The molecule has 1 saturated heterocycles. The molecule has 0 saturated carbocycles. The molecule has 1 fully saturated rings. The second-order valence-electron chi connectivity index (χ2n) is 6.37. The van der Waals surface area contributed by atoms with Gasteiger partial charge in [0.2, 0.25) is 10.0 Å². The third kappa shape index (κ3) is 4.21. The minimum Gasteiger partial charge on any atom is -0.489 e. The number of hydrogen-bond acceptors (Lipinski definition) is 5. The van der Waals surface area contributed by atoms with Gasteiger partial charge in [-0.1, -0.05) is 11.6 Å². The fourth-order valence-electron chi connectivity index (χ4n) is 3.14. The second-order valence-corrected chi connectivity index (χ2v) is 8.54. The van der Waals surface area contributed by atoms with Crippen LogP contribution in [0.2, 0.25) is 5.02 Å². The van der Waals surface area contributed by atoms with Gasteiger partial charge >= 0.3 is 0 Å². The van der Waals surface area contributed by atoms with Gasteiger partial charge in [0.25, 0.3) is 0 Å². The molecule has 8 heteroatoms. The number of rotatable bonds is 6. The Morgan fingerprint density at radius 1 is 1.38 bits per heavy atom. The summed E-state index contributed by atoms with van der Waals surface area (Å²) < 4.78 is 33.3. The molecule has 24 heavy (non-hydrogen) atoms. The number of ether oxygens (including phenoxy) is 1. The smallest absolute Gasteiger partial charge is 0.240 e. The average Bonchev–Trinajstić information content (AvgIpc) is 2.94. The largest absolute Gasteiger partial charge is 0.489 e. The molecule has 2 N–H and O–H groups in total. The van der Waals surface area contributed by atoms with E-state index in [2.05, 4.69) is 14.9 Å². The maximum Gasteiger partial charge on any atom is 0.240 e. The van der Waals surface area contributed by atoms with Crippen molar-refractivity contribution in [1.82, 2.24) is 14.9 Å². The summed E-state index contributed by atoms with van der Waals surface area (Å²) in [7, 11) is -3.55. The minimum absolute atomic E-state index is 0.0300. The van der Waals surface area contributed by atoms with Crippen molar-refractivity contribution in [2.24, 2.45) is 0 Å². The Hall–Kier alpha value is -0.860. The monoisotopic (exact) mass is 373 g/mol. The van der Waals surface area contributed by atoms with E-state index in [1.165, 1.54) is 6.07 Å². The highest BCUT2D eigenvalue weighted by atomic mass is 35.5. The van der Waals surface area contributed by atoms with E-state index in [1.54, 1.807) is 6.07 Å². The molecule has 2 heterocycles. The van der Waals surface area contributed by atoms with E-state index in [-0.39, 0.29) is 11.0 Å². The van der Waals surface area contributed by atoms with E-state index >= 15 is 0 Å². The van der Waals surface area contributed by atoms with Gasteiger partial charge in [0, 0.05) is 44.7 Å². The Bertz CT molecular complexity index is 690. The van der Waals surface area contributed by atoms with Crippen LogP contribution in [-0.2, 0) is 16.4 Å². The minimum atomic E-state index is -3.55. The van der Waals surface area contributed by atoms with Crippen molar-refractivity contribution >= 4 is 21.6 Å². The first-order chi connectivity index (χ1) is 11.5. The van der Waals surface area contributed by atoms with Gasteiger partial charge in [-0.2, -0.15) is 0 Å². The van der Waals surface area contributed by atoms with Crippen molar-refractivity contribution in [3.05, 3.63) is 22.7 Å². The van der Waals surface area contributed by atoms with E-state index in [0.29, 0.717) is 23.7 Å². The zero-order valence-corrected chi connectivity index (χ0v) is 15.4. The molecule has 0 bridgehead atoms. The van der Waals surface area contributed by atoms with Crippen LogP contribution in [0.15, 0.2) is 17.0 Å². The number of halogens is 1. The maximum atomic E-state index is 12.5. The fraction of sp³-hybridized carbons (Fsp3) is 0.625. The maximum absolute atomic E-state index is 12.5. The summed E-state index contributed by atoms with van der Waals surface area (Å²) in [6.45, 7) is 7.31. The quantitative estimate of drug-likeness (QED) is 0.734. The predicted octanol–water partition coefficient (Wildman–Crippen LogP) is 1.24. The van der Waals surface area contributed by atoms with Gasteiger partial charge in [-0.15, -0.1) is 0 Å². The first-order valence-corrected chi connectivity index (χ1v) is 10.2. The Labute approximate surface area is 148 Å². The van der Waals surface area contributed by atoms with Gasteiger partial charge in [-0.25, -0.2) is 13.1 Å². The molecule has 0 spiro atoms. The van der Waals surface area contributed by atoms with Crippen molar-refractivity contribution in [3.8, 4) is 5.75 Å². The van der Waals surface area contributed by atoms with Gasteiger partial charge in [0.15, 0.2) is 0 Å². The molecule has 1 aromatic rings. The van der Waals surface area contributed by atoms with Crippen molar-refractivity contribution in [1.29, 1.82) is 0 Å². The second kappa shape index (κ2) is 7.58. The van der Waals surface area contributed by atoms with Crippen LogP contribution in [0.3, 0.4) is 0 Å². The summed E-state index contributed by atoms with van der Waals surface area (Å²) in [5.74, 6) is 0.613. The van der Waals surface area contributed by atoms with E-state index in [4.69, 9.17) is 16.3 Å². The third-order valence-electron chi connectivity index (χ3n) is 4.38. The molecule has 0 aliphatic carbocycles. The van der Waals surface area contributed by atoms with Gasteiger partial charge in [-0.05, 0) is 32.0 Å². The van der Waals surface area contributed by atoms with Crippen LogP contribution in [0.1, 0.15) is 18.9 Å². The predicted molar refractivity (Wildman–Crippen MR) is 94.4 cm³/mol. The molecule has 3 rings (SSSR count). The Morgan fingerprint density at radius 3 is 2.88 bits per heavy atom. The highest BCUT2D eigenvalue weighted by molar-refractivity contribution is 7.89. The van der Waals surface area contributed by atoms with Crippen molar-refractivity contribution in [2.45, 2.75) is 30.8 Å². The lowest BCUT2D eigenvalue weighted by molar-refractivity contribution is 0.239.